The van der Waals surface area contributed by atoms with Crippen molar-refractivity contribution in [2.24, 2.45) is 0 Å². The van der Waals surface area contributed by atoms with E-state index >= 15 is 0 Å². The van der Waals surface area contributed by atoms with Crippen molar-refractivity contribution < 1.29 is 16.8 Å². The van der Waals surface area contributed by atoms with E-state index in [1.54, 1.807) is 36.8 Å². The molecule has 0 radical (unpaired) electrons. The van der Waals surface area contributed by atoms with E-state index in [1.807, 2.05) is 30.1 Å². The standard InChI is InChI=1S/C21H24N4O4S4/c1-24(9-11-32(3,26)27)14-16-13-22-21(31-16)17-12-15-6-4-7-18(20(15)23-17)25(2)33(28,29)19-8-5-10-30-19/h4-8,10,12-13,23H,9,11,14H2,1-3H3. The van der Waals surface area contributed by atoms with Crippen molar-refractivity contribution in [2.75, 3.05) is 37.0 Å². The normalized spacial score (nSPS) is 12.6. The number of anilines is 1. The average molecular weight is 525 g/mol. The van der Waals surface area contributed by atoms with Gasteiger partial charge in [-0.2, -0.15) is 0 Å². The van der Waals surface area contributed by atoms with E-state index in [-0.39, 0.29) is 5.75 Å². The summed E-state index contributed by atoms with van der Waals surface area (Å²) < 4.78 is 50.4. The fraction of sp³-hybridized carbons (Fsp3) is 0.286. The zero-order valence-electron chi connectivity index (χ0n) is 18.3. The third-order valence-corrected chi connectivity index (χ3v) is 10.2. The summed E-state index contributed by atoms with van der Waals surface area (Å²) in [6.07, 6.45) is 3.02. The molecule has 3 heterocycles. The van der Waals surface area contributed by atoms with Gasteiger partial charge in [-0.25, -0.2) is 21.8 Å². The monoisotopic (exact) mass is 524 g/mol. The summed E-state index contributed by atoms with van der Waals surface area (Å²) in [6, 6.07) is 10.8. The Morgan fingerprint density at radius 1 is 1.09 bits per heavy atom. The number of nitrogens with zero attached hydrogens (tertiary/aromatic N) is 3. The first-order valence-electron chi connectivity index (χ1n) is 10.00. The molecule has 0 aliphatic heterocycles. The van der Waals surface area contributed by atoms with Crippen LogP contribution in [0, 0.1) is 0 Å². The third-order valence-electron chi connectivity index (χ3n) is 5.14. The van der Waals surface area contributed by atoms with Crippen LogP contribution in [0.1, 0.15) is 4.88 Å². The lowest BCUT2D eigenvalue weighted by atomic mass is 10.2. The highest BCUT2D eigenvalue weighted by Gasteiger charge is 2.24. The first-order chi connectivity index (χ1) is 15.5. The number of fused-ring (bicyclic) bond motifs is 1. The van der Waals surface area contributed by atoms with Gasteiger partial charge in [0.05, 0.1) is 22.7 Å². The van der Waals surface area contributed by atoms with E-state index in [1.165, 1.54) is 33.2 Å². The van der Waals surface area contributed by atoms with Gasteiger partial charge in [-0.05, 0) is 30.6 Å². The number of thiophene rings is 1. The van der Waals surface area contributed by atoms with Crippen LogP contribution in [0.5, 0.6) is 0 Å². The van der Waals surface area contributed by atoms with E-state index < -0.39 is 19.9 Å². The Balaban J connectivity index is 1.59. The Labute approximate surface area is 201 Å². The largest absolute Gasteiger partial charge is 0.351 e. The van der Waals surface area contributed by atoms with Crippen LogP contribution in [-0.2, 0) is 26.4 Å². The number of nitrogens with one attached hydrogen (secondary N) is 1. The Bertz CT molecular complexity index is 1470. The van der Waals surface area contributed by atoms with Crippen LogP contribution in [0.4, 0.5) is 5.69 Å². The summed E-state index contributed by atoms with van der Waals surface area (Å²) in [5.74, 6) is 0.113. The van der Waals surface area contributed by atoms with E-state index in [0.29, 0.717) is 23.0 Å². The number of sulfone groups is 1. The van der Waals surface area contributed by atoms with Crippen LogP contribution >= 0.6 is 22.7 Å². The van der Waals surface area contributed by atoms with Crippen LogP contribution in [-0.4, -0.2) is 64.4 Å². The van der Waals surface area contributed by atoms with Gasteiger partial charge in [-0.3, -0.25) is 4.31 Å². The smallest absolute Gasteiger partial charge is 0.273 e. The summed E-state index contributed by atoms with van der Waals surface area (Å²) in [4.78, 5) is 10.8. The lowest BCUT2D eigenvalue weighted by molar-refractivity contribution is 0.349. The fourth-order valence-corrected chi connectivity index (χ4v) is 7.34. The molecule has 1 aromatic carbocycles. The molecule has 8 nitrogen and oxygen atoms in total. The number of para-hydroxylation sites is 1. The minimum Gasteiger partial charge on any atom is -0.351 e. The number of benzene rings is 1. The van der Waals surface area contributed by atoms with E-state index in [4.69, 9.17) is 0 Å². The van der Waals surface area contributed by atoms with Crippen LogP contribution in [0.2, 0.25) is 0 Å². The molecular formula is C21H24N4O4S4. The predicted molar refractivity (Wildman–Crippen MR) is 135 cm³/mol. The second-order valence-corrected chi connectivity index (χ2v) is 14.3. The van der Waals surface area contributed by atoms with Gasteiger partial charge < -0.3 is 9.88 Å². The Kier molecular flexibility index (Phi) is 6.65. The van der Waals surface area contributed by atoms with Gasteiger partial charge in [-0.15, -0.1) is 22.7 Å². The van der Waals surface area contributed by atoms with E-state index in [9.17, 15) is 16.8 Å². The highest BCUT2D eigenvalue weighted by atomic mass is 32.2. The van der Waals surface area contributed by atoms with Gasteiger partial charge in [0.1, 0.15) is 19.1 Å². The molecular weight excluding hydrogens is 501 g/mol. The number of rotatable bonds is 9. The molecule has 3 aromatic heterocycles. The maximum absolute atomic E-state index is 13.0. The molecule has 33 heavy (non-hydrogen) atoms. The van der Waals surface area contributed by atoms with Crippen LogP contribution in [0.25, 0.3) is 21.6 Å². The molecule has 0 spiro atoms. The van der Waals surface area contributed by atoms with Crippen molar-refractivity contribution in [1.82, 2.24) is 14.9 Å². The maximum Gasteiger partial charge on any atom is 0.273 e. The minimum atomic E-state index is -3.65. The van der Waals surface area contributed by atoms with Crippen molar-refractivity contribution in [3.63, 3.8) is 0 Å². The Morgan fingerprint density at radius 3 is 2.58 bits per heavy atom. The molecule has 1 N–H and O–H groups in total. The number of hydrogen-bond donors (Lipinski definition) is 1. The summed E-state index contributed by atoms with van der Waals surface area (Å²) in [6.45, 7) is 1.05. The van der Waals surface area contributed by atoms with Crippen molar-refractivity contribution in [3.05, 3.63) is 52.9 Å². The highest BCUT2D eigenvalue weighted by Crippen LogP contribution is 2.34. The first kappa shape index (κ1) is 23.9. The molecule has 0 unspecified atom stereocenters. The quantitative estimate of drug-likeness (QED) is 0.358. The van der Waals surface area contributed by atoms with Crippen molar-refractivity contribution in [3.8, 4) is 10.7 Å². The van der Waals surface area contributed by atoms with Crippen LogP contribution in [0.15, 0.2) is 52.2 Å². The lowest BCUT2D eigenvalue weighted by Gasteiger charge is -2.19. The maximum atomic E-state index is 13.0. The molecule has 0 saturated carbocycles. The number of sulfonamides is 1. The Hall–Kier alpha value is -2.25. The second-order valence-electron chi connectivity index (χ2n) is 7.83. The summed E-state index contributed by atoms with van der Waals surface area (Å²) >= 11 is 2.70. The van der Waals surface area contributed by atoms with E-state index in [0.717, 1.165) is 26.5 Å². The van der Waals surface area contributed by atoms with Crippen molar-refractivity contribution >= 4 is 59.1 Å². The molecule has 0 saturated heterocycles. The number of aromatic amines is 1. The van der Waals surface area contributed by atoms with Gasteiger partial charge in [-0.1, -0.05) is 18.2 Å². The van der Waals surface area contributed by atoms with Gasteiger partial charge in [0.2, 0.25) is 0 Å². The van der Waals surface area contributed by atoms with E-state index in [2.05, 4.69) is 9.97 Å². The molecule has 0 amide bonds. The summed E-state index contributed by atoms with van der Waals surface area (Å²) in [5.41, 5.74) is 2.08. The van der Waals surface area contributed by atoms with Crippen LogP contribution < -0.4 is 4.31 Å². The van der Waals surface area contributed by atoms with Gasteiger partial charge >= 0.3 is 0 Å². The third kappa shape index (κ3) is 5.30. The van der Waals surface area contributed by atoms with Gasteiger partial charge in [0, 0.05) is 42.9 Å². The van der Waals surface area contributed by atoms with Gasteiger partial charge in [0.15, 0.2) is 0 Å². The predicted octanol–water partition coefficient (Wildman–Crippen LogP) is 3.65. The number of hydrogen-bond acceptors (Lipinski definition) is 8. The summed E-state index contributed by atoms with van der Waals surface area (Å²) in [5, 5.41) is 3.41. The summed E-state index contributed by atoms with van der Waals surface area (Å²) in [7, 11) is -3.22. The molecule has 4 aromatic rings. The molecule has 12 heteroatoms. The molecule has 0 bridgehead atoms. The minimum absolute atomic E-state index is 0.113. The number of aromatic nitrogens is 2. The number of H-pyrrole nitrogens is 1. The molecule has 0 fully saturated rings. The molecule has 176 valence electrons. The van der Waals surface area contributed by atoms with Crippen molar-refractivity contribution in [1.29, 1.82) is 0 Å². The Morgan fingerprint density at radius 2 is 1.88 bits per heavy atom. The SMILES string of the molecule is CN(CCS(C)(=O)=O)Cc1cnc(-c2cc3cccc(N(C)S(=O)(=O)c4cccs4)c3[nH]2)s1. The highest BCUT2D eigenvalue weighted by molar-refractivity contribution is 7.94. The lowest BCUT2D eigenvalue weighted by Crippen LogP contribution is -2.26. The topological polar surface area (TPSA) is 103 Å². The molecule has 0 atom stereocenters. The first-order valence-corrected chi connectivity index (χ1v) is 15.2. The molecule has 0 aliphatic carbocycles. The number of thiazole rings is 1. The second kappa shape index (κ2) is 9.18. The van der Waals surface area contributed by atoms with Crippen molar-refractivity contribution in [2.45, 2.75) is 10.8 Å². The zero-order chi connectivity index (χ0) is 23.8. The average Bonchev–Trinajstić information content (AvgIpc) is 3.50. The van der Waals surface area contributed by atoms with Gasteiger partial charge in [0.25, 0.3) is 10.0 Å². The zero-order valence-corrected chi connectivity index (χ0v) is 21.6. The molecule has 4 rings (SSSR count). The molecule has 0 aliphatic rings. The van der Waals surface area contributed by atoms with Crippen LogP contribution in [0.3, 0.4) is 0 Å². The fourth-order valence-electron chi connectivity index (χ4n) is 3.36.